The van der Waals surface area contributed by atoms with Crippen LogP contribution in [0.3, 0.4) is 0 Å². The smallest absolute Gasteiger partial charge is 0.164 e. The largest absolute Gasteiger partial charge is 0.208 e. The molecule has 0 amide bonds. The third-order valence-corrected chi connectivity index (χ3v) is 7.10. The molecule has 5 aromatic carbocycles. The summed E-state index contributed by atoms with van der Waals surface area (Å²) < 4.78 is 0. The molecule has 0 aliphatic rings. The first-order valence-electron chi connectivity index (χ1n) is 13.6. The van der Waals surface area contributed by atoms with Gasteiger partial charge in [-0.3, -0.25) is 0 Å². The van der Waals surface area contributed by atoms with Crippen molar-refractivity contribution in [2.24, 2.45) is 0 Å². The van der Waals surface area contributed by atoms with E-state index in [4.69, 9.17) is 15.0 Å². The Morgan fingerprint density at radius 2 is 0.750 bits per heavy atom. The molecule has 1 heterocycles. The van der Waals surface area contributed by atoms with Gasteiger partial charge in [-0.15, -0.1) is 0 Å². The van der Waals surface area contributed by atoms with Crippen LogP contribution in [-0.4, -0.2) is 15.0 Å². The van der Waals surface area contributed by atoms with E-state index in [1.54, 1.807) is 0 Å². The van der Waals surface area contributed by atoms with Crippen LogP contribution in [0, 0.1) is 0 Å². The Balaban J connectivity index is 1.43. The summed E-state index contributed by atoms with van der Waals surface area (Å²) in [7, 11) is 0. The molecular formula is C37H31N3. The highest BCUT2D eigenvalue weighted by Gasteiger charge is 2.16. The van der Waals surface area contributed by atoms with Gasteiger partial charge in [-0.1, -0.05) is 148 Å². The molecule has 6 aromatic rings. The van der Waals surface area contributed by atoms with Crippen LogP contribution < -0.4 is 0 Å². The molecule has 3 heteroatoms. The lowest BCUT2D eigenvalue weighted by Gasteiger charge is -2.20. The first kappa shape index (κ1) is 25.4. The second kappa shape index (κ2) is 10.7. The second-order valence-electron chi connectivity index (χ2n) is 11.0. The molecule has 0 saturated carbocycles. The first-order valence-corrected chi connectivity index (χ1v) is 13.6. The highest BCUT2D eigenvalue weighted by molar-refractivity contribution is 5.74. The van der Waals surface area contributed by atoms with Crippen LogP contribution in [0.2, 0.25) is 0 Å². The molecule has 0 aliphatic heterocycles. The zero-order chi connectivity index (χ0) is 27.5. The van der Waals surface area contributed by atoms with Crippen molar-refractivity contribution in [2.75, 3.05) is 0 Å². The molecule has 40 heavy (non-hydrogen) atoms. The molecular weight excluding hydrogens is 486 g/mol. The predicted octanol–water partition coefficient (Wildman–Crippen LogP) is 9.50. The van der Waals surface area contributed by atoms with Crippen LogP contribution in [0.4, 0.5) is 0 Å². The maximum atomic E-state index is 4.97. The van der Waals surface area contributed by atoms with Crippen LogP contribution >= 0.6 is 0 Å². The van der Waals surface area contributed by atoms with Gasteiger partial charge in [-0.05, 0) is 39.3 Å². The minimum atomic E-state index is 0.0807. The van der Waals surface area contributed by atoms with Gasteiger partial charge in [0.1, 0.15) is 0 Å². The summed E-state index contributed by atoms with van der Waals surface area (Å²) in [5.41, 5.74) is 8.93. The summed E-state index contributed by atoms with van der Waals surface area (Å²) in [6, 6.07) is 46.2. The van der Waals surface area contributed by atoms with Crippen molar-refractivity contribution in [2.45, 2.75) is 26.2 Å². The zero-order valence-electron chi connectivity index (χ0n) is 23.0. The van der Waals surface area contributed by atoms with Crippen LogP contribution in [-0.2, 0) is 5.41 Å². The number of rotatable bonds is 5. The summed E-state index contributed by atoms with van der Waals surface area (Å²) in [5, 5.41) is 0. The SMILES string of the molecule is CC(C)(C)c1cccc(-c2cccc(-c3nc(-c4ccccc4)nc(-c4ccc(-c5ccccc5)cc4)n3)c2)c1. The van der Waals surface area contributed by atoms with Crippen molar-refractivity contribution >= 4 is 0 Å². The number of nitrogens with zero attached hydrogens (tertiary/aromatic N) is 3. The van der Waals surface area contributed by atoms with E-state index in [2.05, 4.69) is 118 Å². The lowest BCUT2D eigenvalue weighted by atomic mass is 9.85. The standard InChI is InChI=1S/C37H31N3/c1-37(2,3)33-19-11-17-31(25-33)30-16-10-18-32(24-30)36-39-34(28-14-8-5-9-15-28)38-35(40-36)29-22-20-27(21-23-29)26-12-6-4-7-13-26/h4-25H,1-3H3. The van der Waals surface area contributed by atoms with Gasteiger partial charge in [-0.2, -0.15) is 0 Å². The van der Waals surface area contributed by atoms with E-state index >= 15 is 0 Å². The fourth-order valence-corrected chi connectivity index (χ4v) is 4.80. The van der Waals surface area contributed by atoms with Crippen LogP contribution in [0.25, 0.3) is 56.4 Å². The first-order chi connectivity index (χ1) is 19.4. The Bertz CT molecular complexity index is 1750. The van der Waals surface area contributed by atoms with Crippen molar-refractivity contribution in [3.8, 4) is 56.4 Å². The highest BCUT2D eigenvalue weighted by atomic mass is 15.0. The number of hydrogen-bond donors (Lipinski definition) is 0. The van der Waals surface area contributed by atoms with E-state index in [1.807, 2.05) is 36.4 Å². The minimum Gasteiger partial charge on any atom is -0.208 e. The molecule has 3 nitrogen and oxygen atoms in total. The Kier molecular flexibility index (Phi) is 6.79. The Labute approximate surface area is 236 Å². The van der Waals surface area contributed by atoms with Crippen molar-refractivity contribution in [3.05, 3.63) is 139 Å². The molecule has 0 spiro atoms. The zero-order valence-corrected chi connectivity index (χ0v) is 23.0. The van der Waals surface area contributed by atoms with Crippen LogP contribution in [0.5, 0.6) is 0 Å². The molecule has 6 rings (SSSR count). The molecule has 0 radical (unpaired) electrons. The van der Waals surface area contributed by atoms with E-state index in [1.165, 1.54) is 16.7 Å². The molecule has 0 aliphatic carbocycles. The maximum Gasteiger partial charge on any atom is 0.164 e. The fraction of sp³-hybridized carbons (Fsp3) is 0.108. The van der Waals surface area contributed by atoms with Crippen molar-refractivity contribution in [3.63, 3.8) is 0 Å². The van der Waals surface area contributed by atoms with E-state index in [0.717, 1.165) is 27.8 Å². The lowest BCUT2D eigenvalue weighted by Crippen LogP contribution is -2.10. The Hall–Kier alpha value is -4.89. The monoisotopic (exact) mass is 517 g/mol. The van der Waals surface area contributed by atoms with Gasteiger partial charge < -0.3 is 0 Å². The quantitative estimate of drug-likeness (QED) is 0.229. The van der Waals surface area contributed by atoms with Gasteiger partial charge in [0.15, 0.2) is 17.5 Å². The molecule has 194 valence electrons. The minimum absolute atomic E-state index is 0.0807. The van der Waals surface area contributed by atoms with E-state index in [9.17, 15) is 0 Å². The Morgan fingerprint density at radius 3 is 1.35 bits per heavy atom. The third-order valence-electron chi connectivity index (χ3n) is 7.10. The molecule has 0 unspecified atom stereocenters. The fourth-order valence-electron chi connectivity index (χ4n) is 4.80. The summed E-state index contributed by atoms with van der Waals surface area (Å²) >= 11 is 0. The van der Waals surface area contributed by atoms with E-state index in [-0.39, 0.29) is 5.41 Å². The van der Waals surface area contributed by atoms with Crippen LogP contribution in [0.1, 0.15) is 26.3 Å². The second-order valence-corrected chi connectivity index (χ2v) is 11.0. The lowest BCUT2D eigenvalue weighted by molar-refractivity contribution is 0.590. The average molecular weight is 518 g/mol. The summed E-state index contributed by atoms with van der Waals surface area (Å²) in [5.74, 6) is 1.97. The Morgan fingerprint density at radius 1 is 0.350 bits per heavy atom. The van der Waals surface area contributed by atoms with Gasteiger partial charge >= 0.3 is 0 Å². The third kappa shape index (κ3) is 5.45. The van der Waals surface area contributed by atoms with Crippen molar-refractivity contribution in [1.82, 2.24) is 15.0 Å². The molecule has 0 bridgehead atoms. The van der Waals surface area contributed by atoms with E-state index in [0.29, 0.717) is 17.5 Å². The van der Waals surface area contributed by atoms with Gasteiger partial charge in [0.2, 0.25) is 0 Å². The topological polar surface area (TPSA) is 38.7 Å². The van der Waals surface area contributed by atoms with Gasteiger partial charge in [0, 0.05) is 16.7 Å². The molecule has 0 fully saturated rings. The molecule has 0 saturated heterocycles. The highest BCUT2D eigenvalue weighted by Crippen LogP contribution is 2.31. The van der Waals surface area contributed by atoms with Crippen molar-refractivity contribution in [1.29, 1.82) is 0 Å². The molecule has 1 aromatic heterocycles. The number of hydrogen-bond acceptors (Lipinski definition) is 3. The van der Waals surface area contributed by atoms with E-state index < -0.39 is 0 Å². The molecule has 0 N–H and O–H groups in total. The molecule has 0 atom stereocenters. The van der Waals surface area contributed by atoms with Crippen LogP contribution in [0.15, 0.2) is 133 Å². The van der Waals surface area contributed by atoms with Gasteiger partial charge in [0.05, 0.1) is 0 Å². The van der Waals surface area contributed by atoms with Gasteiger partial charge in [0.25, 0.3) is 0 Å². The average Bonchev–Trinajstić information content (AvgIpc) is 3.01. The summed E-state index contributed by atoms with van der Waals surface area (Å²) in [6.45, 7) is 6.73. The summed E-state index contributed by atoms with van der Waals surface area (Å²) in [6.07, 6.45) is 0. The predicted molar refractivity (Wildman–Crippen MR) is 166 cm³/mol. The normalized spacial score (nSPS) is 11.4. The number of aromatic nitrogens is 3. The van der Waals surface area contributed by atoms with Crippen molar-refractivity contribution < 1.29 is 0 Å². The number of benzene rings is 5. The van der Waals surface area contributed by atoms with Gasteiger partial charge in [-0.25, -0.2) is 15.0 Å². The maximum absolute atomic E-state index is 4.97. The summed E-state index contributed by atoms with van der Waals surface area (Å²) in [4.78, 5) is 14.8.